The van der Waals surface area contributed by atoms with Crippen LogP contribution in [0.2, 0.25) is 0 Å². The first-order valence-electron chi connectivity index (χ1n) is 5.94. The SMILES string of the molecule is NN(c1ccccn1)c1c(O)ccc2ccccc12. The standard InChI is InChI=1S/C15H13N3O/c16-18(14-7-3-4-10-17-14)15-12-6-2-1-5-11(12)8-9-13(15)19/h1-10,19H,16H2. The molecule has 0 spiro atoms. The van der Waals surface area contributed by atoms with Crippen LogP contribution in [0.4, 0.5) is 11.5 Å². The van der Waals surface area contributed by atoms with E-state index in [1.54, 1.807) is 18.3 Å². The fourth-order valence-corrected chi connectivity index (χ4v) is 2.11. The molecule has 0 radical (unpaired) electrons. The molecule has 3 rings (SSSR count). The van der Waals surface area contributed by atoms with Crippen molar-refractivity contribution in [1.82, 2.24) is 4.98 Å². The highest BCUT2D eigenvalue weighted by Gasteiger charge is 2.14. The van der Waals surface area contributed by atoms with Crippen molar-refractivity contribution in [3.8, 4) is 5.75 Å². The van der Waals surface area contributed by atoms with Crippen LogP contribution < -0.4 is 10.9 Å². The molecule has 94 valence electrons. The molecule has 0 unspecified atom stereocenters. The Morgan fingerprint density at radius 2 is 1.74 bits per heavy atom. The molecule has 0 aliphatic carbocycles. The topological polar surface area (TPSA) is 62.4 Å². The summed E-state index contributed by atoms with van der Waals surface area (Å²) in [5.74, 6) is 6.80. The van der Waals surface area contributed by atoms with Gasteiger partial charge in [-0.1, -0.05) is 36.4 Å². The van der Waals surface area contributed by atoms with Gasteiger partial charge in [-0.05, 0) is 23.6 Å². The highest BCUT2D eigenvalue weighted by Crippen LogP contribution is 2.36. The third kappa shape index (κ3) is 1.98. The van der Waals surface area contributed by atoms with Crippen LogP contribution in [0.25, 0.3) is 10.8 Å². The molecule has 0 bridgehead atoms. The molecule has 1 aromatic heterocycles. The Hall–Kier alpha value is -2.59. The van der Waals surface area contributed by atoms with Gasteiger partial charge in [0, 0.05) is 11.6 Å². The van der Waals surface area contributed by atoms with Crippen LogP contribution in [-0.2, 0) is 0 Å². The Morgan fingerprint density at radius 3 is 2.53 bits per heavy atom. The van der Waals surface area contributed by atoms with Gasteiger partial charge in [0.05, 0.1) is 0 Å². The number of hydrazine groups is 1. The quantitative estimate of drug-likeness (QED) is 0.543. The van der Waals surface area contributed by atoms with Crippen molar-refractivity contribution in [3.05, 3.63) is 60.8 Å². The van der Waals surface area contributed by atoms with Crippen molar-refractivity contribution < 1.29 is 5.11 Å². The zero-order valence-electron chi connectivity index (χ0n) is 10.2. The molecule has 0 fully saturated rings. The van der Waals surface area contributed by atoms with Gasteiger partial charge in [0.1, 0.15) is 17.3 Å². The number of phenols is 1. The fourth-order valence-electron chi connectivity index (χ4n) is 2.11. The largest absolute Gasteiger partial charge is 0.506 e. The molecule has 3 N–H and O–H groups in total. The highest BCUT2D eigenvalue weighted by molar-refractivity contribution is 5.98. The number of phenolic OH excluding ortho intramolecular Hbond substituents is 1. The van der Waals surface area contributed by atoms with E-state index in [1.165, 1.54) is 5.01 Å². The van der Waals surface area contributed by atoms with Crippen molar-refractivity contribution in [2.45, 2.75) is 0 Å². The van der Waals surface area contributed by atoms with Crippen LogP contribution in [0.3, 0.4) is 0 Å². The molecule has 1 heterocycles. The van der Waals surface area contributed by atoms with E-state index in [2.05, 4.69) is 4.98 Å². The van der Waals surface area contributed by atoms with Gasteiger partial charge in [-0.3, -0.25) is 5.01 Å². The minimum absolute atomic E-state index is 0.131. The summed E-state index contributed by atoms with van der Waals surface area (Å²) in [6.07, 6.45) is 1.66. The number of hydrogen-bond donors (Lipinski definition) is 2. The molecule has 0 amide bonds. The number of fused-ring (bicyclic) bond motifs is 1. The molecule has 0 saturated carbocycles. The Balaban J connectivity index is 2.22. The lowest BCUT2D eigenvalue weighted by atomic mass is 10.1. The van der Waals surface area contributed by atoms with E-state index in [1.807, 2.05) is 42.5 Å². The zero-order valence-corrected chi connectivity index (χ0v) is 10.2. The monoisotopic (exact) mass is 251 g/mol. The second kappa shape index (κ2) is 4.59. The third-order valence-electron chi connectivity index (χ3n) is 3.02. The smallest absolute Gasteiger partial charge is 0.147 e. The Morgan fingerprint density at radius 1 is 0.947 bits per heavy atom. The fraction of sp³-hybridized carbons (Fsp3) is 0. The first-order chi connectivity index (χ1) is 9.27. The van der Waals surface area contributed by atoms with Crippen LogP contribution >= 0.6 is 0 Å². The number of aromatic hydroxyl groups is 1. The van der Waals surface area contributed by atoms with Crippen molar-refractivity contribution >= 4 is 22.3 Å². The summed E-state index contributed by atoms with van der Waals surface area (Å²) in [4.78, 5) is 4.19. The molecular weight excluding hydrogens is 238 g/mol. The van der Waals surface area contributed by atoms with Gasteiger partial charge in [-0.25, -0.2) is 10.8 Å². The van der Waals surface area contributed by atoms with Crippen LogP contribution in [0.15, 0.2) is 60.8 Å². The first kappa shape index (κ1) is 11.5. The minimum atomic E-state index is 0.131. The van der Waals surface area contributed by atoms with Crippen molar-refractivity contribution in [2.24, 2.45) is 5.84 Å². The van der Waals surface area contributed by atoms with E-state index in [4.69, 9.17) is 5.84 Å². The van der Waals surface area contributed by atoms with Crippen molar-refractivity contribution in [3.63, 3.8) is 0 Å². The number of pyridine rings is 1. The first-order valence-corrected chi connectivity index (χ1v) is 5.94. The number of nitrogens with two attached hydrogens (primary N) is 1. The summed E-state index contributed by atoms with van der Waals surface area (Å²) >= 11 is 0. The Bertz CT molecular complexity index is 713. The van der Waals surface area contributed by atoms with Gasteiger partial charge in [0.2, 0.25) is 0 Å². The summed E-state index contributed by atoms with van der Waals surface area (Å²) < 4.78 is 0. The van der Waals surface area contributed by atoms with Crippen molar-refractivity contribution in [1.29, 1.82) is 0 Å². The van der Waals surface area contributed by atoms with Crippen molar-refractivity contribution in [2.75, 3.05) is 5.01 Å². The van der Waals surface area contributed by atoms with Crippen LogP contribution in [-0.4, -0.2) is 10.1 Å². The van der Waals surface area contributed by atoms with Gasteiger partial charge in [-0.2, -0.15) is 0 Å². The van der Waals surface area contributed by atoms with Crippen LogP contribution in [0.5, 0.6) is 5.75 Å². The van der Waals surface area contributed by atoms with Crippen LogP contribution in [0, 0.1) is 0 Å². The summed E-state index contributed by atoms with van der Waals surface area (Å²) in [6.45, 7) is 0. The predicted molar refractivity (Wildman–Crippen MR) is 76.2 cm³/mol. The van der Waals surface area contributed by atoms with Gasteiger partial charge >= 0.3 is 0 Å². The number of hydrogen-bond acceptors (Lipinski definition) is 4. The Kier molecular flexibility index (Phi) is 2.78. The molecule has 19 heavy (non-hydrogen) atoms. The van der Waals surface area contributed by atoms with Gasteiger partial charge in [0.25, 0.3) is 0 Å². The minimum Gasteiger partial charge on any atom is -0.506 e. The number of anilines is 2. The van der Waals surface area contributed by atoms with E-state index in [-0.39, 0.29) is 5.75 Å². The van der Waals surface area contributed by atoms with E-state index < -0.39 is 0 Å². The predicted octanol–water partition coefficient (Wildman–Crippen LogP) is 2.95. The molecule has 2 aromatic carbocycles. The second-order valence-corrected chi connectivity index (χ2v) is 4.21. The molecular formula is C15H13N3O. The molecule has 4 nitrogen and oxygen atoms in total. The molecule has 0 saturated heterocycles. The number of nitrogens with zero attached hydrogens (tertiary/aromatic N) is 2. The summed E-state index contributed by atoms with van der Waals surface area (Å²) in [6, 6.07) is 16.7. The highest BCUT2D eigenvalue weighted by atomic mass is 16.3. The van der Waals surface area contributed by atoms with E-state index >= 15 is 0 Å². The maximum atomic E-state index is 10.1. The number of aromatic nitrogens is 1. The molecule has 3 aromatic rings. The van der Waals surface area contributed by atoms with Gasteiger partial charge in [0.15, 0.2) is 0 Å². The zero-order chi connectivity index (χ0) is 13.2. The lowest BCUT2D eigenvalue weighted by Gasteiger charge is -2.20. The number of benzene rings is 2. The lowest BCUT2D eigenvalue weighted by Crippen LogP contribution is -2.26. The molecule has 4 heteroatoms. The summed E-state index contributed by atoms with van der Waals surface area (Å²) in [5, 5.41) is 13.4. The van der Waals surface area contributed by atoms with E-state index in [0.29, 0.717) is 11.5 Å². The van der Waals surface area contributed by atoms with E-state index in [0.717, 1.165) is 10.8 Å². The number of rotatable bonds is 2. The van der Waals surface area contributed by atoms with Gasteiger partial charge < -0.3 is 5.11 Å². The van der Waals surface area contributed by atoms with E-state index in [9.17, 15) is 5.11 Å². The third-order valence-corrected chi connectivity index (χ3v) is 3.02. The second-order valence-electron chi connectivity index (χ2n) is 4.21. The average molecular weight is 251 g/mol. The molecule has 0 aliphatic heterocycles. The normalized spacial score (nSPS) is 10.6. The summed E-state index contributed by atoms with van der Waals surface area (Å²) in [5.41, 5.74) is 0.553. The molecule has 0 atom stereocenters. The Labute approximate surface area is 110 Å². The molecule has 0 aliphatic rings. The van der Waals surface area contributed by atoms with Gasteiger partial charge in [-0.15, -0.1) is 0 Å². The maximum Gasteiger partial charge on any atom is 0.147 e. The van der Waals surface area contributed by atoms with Crippen LogP contribution in [0.1, 0.15) is 0 Å². The maximum absolute atomic E-state index is 10.1. The lowest BCUT2D eigenvalue weighted by molar-refractivity contribution is 0.476. The summed E-state index contributed by atoms with van der Waals surface area (Å²) in [7, 11) is 0. The average Bonchev–Trinajstić information content (AvgIpc) is 2.47.